The summed E-state index contributed by atoms with van der Waals surface area (Å²) in [6, 6.07) is 0.0391. The molecule has 1 amide bonds. The van der Waals surface area contributed by atoms with Crippen molar-refractivity contribution >= 4 is 5.91 Å². The van der Waals surface area contributed by atoms with E-state index in [1.165, 1.54) is 19.3 Å². The number of nitrogens with one attached hydrogen (secondary N) is 1. The predicted molar refractivity (Wildman–Crippen MR) is 66.8 cm³/mol. The molecular weight excluding hydrogens is 216 g/mol. The minimum atomic E-state index is 0.0391. The van der Waals surface area contributed by atoms with Crippen molar-refractivity contribution in [2.24, 2.45) is 5.92 Å². The predicted octanol–water partition coefficient (Wildman–Crippen LogP) is 1.01. The van der Waals surface area contributed by atoms with E-state index >= 15 is 0 Å². The lowest BCUT2D eigenvalue weighted by atomic mass is 10.0. The molecule has 4 heteroatoms. The summed E-state index contributed by atoms with van der Waals surface area (Å²) in [5.74, 6) is 1.02. The first-order valence-electron chi connectivity index (χ1n) is 6.83. The second-order valence-electron chi connectivity index (χ2n) is 5.28. The van der Waals surface area contributed by atoms with Crippen molar-refractivity contribution in [1.29, 1.82) is 0 Å². The topological polar surface area (TPSA) is 41.6 Å². The highest BCUT2D eigenvalue weighted by molar-refractivity contribution is 5.81. The number of rotatable bonds is 6. The van der Waals surface area contributed by atoms with Crippen molar-refractivity contribution in [1.82, 2.24) is 10.2 Å². The van der Waals surface area contributed by atoms with Gasteiger partial charge in [-0.1, -0.05) is 6.42 Å². The van der Waals surface area contributed by atoms with Crippen molar-refractivity contribution in [3.05, 3.63) is 0 Å². The van der Waals surface area contributed by atoms with Crippen molar-refractivity contribution in [2.75, 3.05) is 33.4 Å². The quantitative estimate of drug-likeness (QED) is 0.705. The molecule has 0 aromatic rings. The molecule has 2 fully saturated rings. The molecule has 0 aromatic heterocycles. The van der Waals surface area contributed by atoms with Crippen LogP contribution in [0.3, 0.4) is 0 Å². The highest BCUT2D eigenvalue weighted by Gasteiger charge is 2.24. The molecule has 0 spiro atoms. The van der Waals surface area contributed by atoms with E-state index in [1.807, 2.05) is 7.05 Å². The summed E-state index contributed by atoms with van der Waals surface area (Å²) in [5, 5.41) is 3.29. The summed E-state index contributed by atoms with van der Waals surface area (Å²) >= 11 is 0. The first-order chi connectivity index (χ1) is 8.27. The Bertz CT molecular complexity index is 248. The molecule has 2 aliphatic rings. The van der Waals surface area contributed by atoms with E-state index in [4.69, 9.17) is 4.74 Å². The summed E-state index contributed by atoms with van der Waals surface area (Å²) in [4.78, 5) is 13.8. The summed E-state index contributed by atoms with van der Waals surface area (Å²) < 4.78 is 5.55. The zero-order valence-electron chi connectivity index (χ0n) is 10.8. The zero-order chi connectivity index (χ0) is 12.1. The van der Waals surface area contributed by atoms with E-state index in [2.05, 4.69) is 5.32 Å². The molecule has 1 aliphatic heterocycles. The Balaban J connectivity index is 1.59. The second kappa shape index (κ2) is 6.36. The Morgan fingerprint density at radius 3 is 2.82 bits per heavy atom. The van der Waals surface area contributed by atoms with Gasteiger partial charge in [-0.15, -0.1) is 0 Å². The van der Waals surface area contributed by atoms with Crippen LogP contribution in [0.4, 0.5) is 0 Å². The number of hydrogen-bond donors (Lipinski definition) is 1. The molecule has 0 bridgehead atoms. The molecule has 17 heavy (non-hydrogen) atoms. The van der Waals surface area contributed by atoms with Gasteiger partial charge in [0.2, 0.25) is 5.91 Å². The van der Waals surface area contributed by atoms with Crippen LogP contribution in [0.5, 0.6) is 0 Å². The van der Waals surface area contributed by atoms with Crippen LogP contribution in [0, 0.1) is 5.92 Å². The molecule has 1 saturated carbocycles. The van der Waals surface area contributed by atoms with Crippen LogP contribution in [0.25, 0.3) is 0 Å². The molecule has 0 aromatic carbocycles. The third kappa shape index (κ3) is 4.28. The molecule has 1 atom stereocenters. The van der Waals surface area contributed by atoms with Gasteiger partial charge in [-0.05, 0) is 38.1 Å². The monoisotopic (exact) mass is 240 g/mol. The van der Waals surface area contributed by atoms with Crippen LogP contribution in [0.2, 0.25) is 0 Å². The van der Waals surface area contributed by atoms with Gasteiger partial charge in [-0.25, -0.2) is 0 Å². The van der Waals surface area contributed by atoms with Gasteiger partial charge in [0.1, 0.15) is 0 Å². The molecule has 1 heterocycles. The number of nitrogens with zero attached hydrogens (tertiary/aromatic N) is 1. The van der Waals surface area contributed by atoms with Crippen molar-refractivity contribution in [2.45, 2.75) is 38.1 Å². The number of likely N-dealkylation sites (N-methyl/N-ethyl adjacent to an activating group) is 1. The minimum absolute atomic E-state index is 0.0391. The number of carbonyl (C=O) groups excluding carboxylic acids is 1. The third-order valence-electron chi connectivity index (χ3n) is 3.61. The van der Waals surface area contributed by atoms with Gasteiger partial charge in [-0.2, -0.15) is 0 Å². The zero-order valence-corrected chi connectivity index (χ0v) is 10.8. The fourth-order valence-electron chi connectivity index (χ4n) is 2.17. The molecule has 0 radical (unpaired) electrons. The largest absolute Gasteiger partial charge is 0.379 e. The van der Waals surface area contributed by atoms with E-state index in [1.54, 1.807) is 4.90 Å². The average Bonchev–Trinajstić information content (AvgIpc) is 3.18. The van der Waals surface area contributed by atoms with E-state index < -0.39 is 0 Å². The minimum Gasteiger partial charge on any atom is -0.379 e. The Hall–Kier alpha value is -0.610. The maximum Gasteiger partial charge on any atom is 0.239 e. The first-order valence-corrected chi connectivity index (χ1v) is 6.83. The van der Waals surface area contributed by atoms with Gasteiger partial charge in [-0.3, -0.25) is 4.79 Å². The highest BCUT2D eigenvalue weighted by Crippen LogP contribution is 2.28. The van der Waals surface area contributed by atoms with E-state index in [0.29, 0.717) is 13.2 Å². The van der Waals surface area contributed by atoms with Crippen LogP contribution in [0.1, 0.15) is 32.1 Å². The van der Waals surface area contributed by atoms with Gasteiger partial charge in [0.25, 0.3) is 0 Å². The standard InChI is InChI=1S/C13H24N2O2/c1-15(8-9-17-10-11-5-6-11)13(16)12-4-2-3-7-14-12/h11-12,14H,2-10H2,1H3. The Kier molecular flexibility index (Phi) is 4.80. The van der Waals surface area contributed by atoms with E-state index in [0.717, 1.165) is 31.9 Å². The van der Waals surface area contributed by atoms with E-state index in [9.17, 15) is 4.79 Å². The van der Waals surface area contributed by atoms with E-state index in [-0.39, 0.29) is 11.9 Å². The van der Waals surface area contributed by atoms with Gasteiger partial charge in [0.05, 0.1) is 12.6 Å². The average molecular weight is 240 g/mol. The Morgan fingerprint density at radius 1 is 1.35 bits per heavy atom. The molecule has 1 N–H and O–H groups in total. The number of piperidine rings is 1. The second-order valence-corrected chi connectivity index (χ2v) is 5.28. The lowest BCUT2D eigenvalue weighted by molar-refractivity contribution is -0.133. The lowest BCUT2D eigenvalue weighted by Crippen LogP contribution is -2.48. The van der Waals surface area contributed by atoms with Crippen LogP contribution in [-0.2, 0) is 9.53 Å². The SMILES string of the molecule is CN(CCOCC1CC1)C(=O)C1CCCCN1. The number of carbonyl (C=O) groups is 1. The van der Waals surface area contributed by atoms with Crippen LogP contribution in [-0.4, -0.2) is 50.2 Å². The number of ether oxygens (including phenoxy) is 1. The number of hydrogen-bond acceptors (Lipinski definition) is 3. The van der Waals surface area contributed by atoms with Crippen molar-refractivity contribution in [3.8, 4) is 0 Å². The smallest absolute Gasteiger partial charge is 0.239 e. The lowest BCUT2D eigenvalue weighted by Gasteiger charge is -2.27. The fraction of sp³-hybridized carbons (Fsp3) is 0.923. The highest BCUT2D eigenvalue weighted by atomic mass is 16.5. The van der Waals surface area contributed by atoms with Crippen LogP contribution in [0.15, 0.2) is 0 Å². The first kappa shape index (κ1) is 12.8. The maximum absolute atomic E-state index is 12.0. The molecular formula is C13H24N2O2. The van der Waals surface area contributed by atoms with Gasteiger partial charge < -0.3 is 15.0 Å². The van der Waals surface area contributed by atoms with Gasteiger partial charge in [0.15, 0.2) is 0 Å². The molecule has 1 unspecified atom stereocenters. The van der Waals surface area contributed by atoms with Crippen molar-refractivity contribution in [3.63, 3.8) is 0 Å². The third-order valence-corrected chi connectivity index (χ3v) is 3.61. The molecule has 1 aliphatic carbocycles. The normalized spacial score (nSPS) is 24.6. The Labute approximate surface area is 104 Å². The molecule has 4 nitrogen and oxygen atoms in total. The fourth-order valence-corrected chi connectivity index (χ4v) is 2.17. The van der Waals surface area contributed by atoms with Crippen LogP contribution >= 0.6 is 0 Å². The maximum atomic E-state index is 12.0. The molecule has 2 rings (SSSR count). The molecule has 1 saturated heterocycles. The van der Waals surface area contributed by atoms with Gasteiger partial charge in [0, 0.05) is 20.2 Å². The van der Waals surface area contributed by atoms with Gasteiger partial charge >= 0.3 is 0 Å². The summed E-state index contributed by atoms with van der Waals surface area (Å²) in [6.45, 7) is 3.24. The molecule has 98 valence electrons. The summed E-state index contributed by atoms with van der Waals surface area (Å²) in [6.07, 6.45) is 5.97. The van der Waals surface area contributed by atoms with Crippen LogP contribution < -0.4 is 5.32 Å². The number of amides is 1. The Morgan fingerprint density at radius 2 is 2.18 bits per heavy atom. The summed E-state index contributed by atoms with van der Waals surface area (Å²) in [5.41, 5.74) is 0. The van der Waals surface area contributed by atoms with Crippen molar-refractivity contribution < 1.29 is 9.53 Å². The summed E-state index contributed by atoms with van der Waals surface area (Å²) in [7, 11) is 1.87.